The summed E-state index contributed by atoms with van der Waals surface area (Å²) < 4.78 is 26.5. The molecule has 0 unspecified atom stereocenters. The Balaban J connectivity index is 1.45. The number of carbonyl (C=O) groups excluding carboxylic acids is 1. The highest BCUT2D eigenvalue weighted by molar-refractivity contribution is 6.01. The molecule has 1 fully saturated rings. The van der Waals surface area contributed by atoms with Crippen LogP contribution in [0.4, 0.5) is 4.39 Å². The summed E-state index contributed by atoms with van der Waals surface area (Å²) in [7, 11) is 0. The van der Waals surface area contributed by atoms with Gasteiger partial charge >= 0.3 is 0 Å². The lowest BCUT2D eigenvalue weighted by molar-refractivity contribution is -0.117. The minimum absolute atomic E-state index is 0.0200. The third-order valence-corrected chi connectivity index (χ3v) is 6.06. The summed E-state index contributed by atoms with van der Waals surface area (Å²) in [6, 6.07) is 17.9. The fourth-order valence-corrected chi connectivity index (χ4v) is 4.18. The minimum Gasteiger partial charge on any atom is -0.489 e. The minimum atomic E-state index is -0.393. The van der Waals surface area contributed by atoms with Crippen LogP contribution >= 0.6 is 0 Å². The Morgan fingerprint density at radius 2 is 1.97 bits per heavy atom. The molecule has 0 aliphatic carbocycles. The molecule has 3 aromatic rings. The van der Waals surface area contributed by atoms with Crippen LogP contribution in [0.15, 0.2) is 60.2 Å². The third kappa shape index (κ3) is 5.97. The van der Waals surface area contributed by atoms with E-state index in [2.05, 4.69) is 9.88 Å². The molecule has 35 heavy (non-hydrogen) atoms. The van der Waals surface area contributed by atoms with Crippen LogP contribution in [0.3, 0.4) is 0 Å². The van der Waals surface area contributed by atoms with Crippen molar-refractivity contribution in [2.45, 2.75) is 39.4 Å². The SMILES string of the molecule is Cc1cc(/C=C(\C#N)C(=O)NC[C@@H]2CCCO2)c(C)n1-c1ccc(OCc2ccc(F)cc2)cc1. The van der Waals surface area contributed by atoms with Crippen molar-refractivity contribution >= 4 is 12.0 Å². The number of ether oxygens (including phenoxy) is 2. The second kappa shape index (κ2) is 11.0. The molecule has 6 nitrogen and oxygen atoms in total. The molecule has 0 radical (unpaired) electrons. The smallest absolute Gasteiger partial charge is 0.262 e. The zero-order valence-corrected chi connectivity index (χ0v) is 19.9. The van der Waals surface area contributed by atoms with Gasteiger partial charge in [0.15, 0.2) is 0 Å². The molecule has 1 aliphatic rings. The number of benzene rings is 2. The van der Waals surface area contributed by atoms with Gasteiger partial charge in [-0.2, -0.15) is 5.26 Å². The standard InChI is InChI=1S/C28H28FN3O3/c1-19-14-22(15-23(16-30)28(33)31-17-27-4-3-13-34-27)20(2)32(19)25-9-11-26(12-10-25)35-18-21-5-7-24(29)8-6-21/h5-12,14-15,27H,3-4,13,17-18H2,1-2H3,(H,31,33)/b23-15+/t27-/m0/s1. The van der Waals surface area contributed by atoms with Crippen molar-refractivity contribution in [2.24, 2.45) is 0 Å². The van der Waals surface area contributed by atoms with Crippen LogP contribution in [-0.4, -0.2) is 29.7 Å². The zero-order chi connectivity index (χ0) is 24.8. The molecule has 0 bridgehead atoms. The molecule has 1 saturated heterocycles. The van der Waals surface area contributed by atoms with Crippen molar-refractivity contribution in [3.63, 3.8) is 0 Å². The van der Waals surface area contributed by atoms with Crippen molar-refractivity contribution in [3.8, 4) is 17.5 Å². The van der Waals surface area contributed by atoms with E-state index >= 15 is 0 Å². The van der Waals surface area contributed by atoms with Crippen LogP contribution in [0, 0.1) is 31.0 Å². The van der Waals surface area contributed by atoms with Crippen molar-refractivity contribution in [3.05, 3.63) is 88.5 Å². The summed E-state index contributed by atoms with van der Waals surface area (Å²) in [5.41, 5.74) is 4.59. The first-order valence-corrected chi connectivity index (χ1v) is 11.6. The van der Waals surface area contributed by atoms with Gasteiger partial charge in [-0.3, -0.25) is 4.79 Å². The molecule has 1 atom stereocenters. The number of carbonyl (C=O) groups is 1. The Hall–Kier alpha value is -3.89. The summed E-state index contributed by atoms with van der Waals surface area (Å²) in [5, 5.41) is 12.4. The number of hydrogen-bond donors (Lipinski definition) is 1. The van der Waals surface area contributed by atoms with Gasteiger partial charge in [-0.05, 0) is 86.4 Å². The quantitative estimate of drug-likeness (QED) is 0.368. The topological polar surface area (TPSA) is 76.3 Å². The monoisotopic (exact) mass is 473 g/mol. The lowest BCUT2D eigenvalue weighted by Crippen LogP contribution is -2.32. The van der Waals surface area contributed by atoms with E-state index in [1.807, 2.05) is 50.2 Å². The normalized spacial score (nSPS) is 15.6. The summed E-state index contributed by atoms with van der Waals surface area (Å²) in [6.45, 7) is 5.41. The lowest BCUT2D eigenvalue weighted by Gasteiger charge is -2.12. The zero-order valence-electron chi connectivity index (χ0n) is 19.9. The summed E-state index contributed by atoms with van der Waals surface area (Å²) in [6.07, 6.45) is 3.56. The van der Waals surface area contributed by atoms with E-state index in [0.717, 1.165) is 47.7 Å². The maximum Gasteiger partial charge on any atom is 0.262 e. The lowest BCUT2D eigenvalue weighted by atomic mass is 10.1. The van der Waals surface area contributed by atoms with Crippen LogP contribution in [0.2, 0.25) is 0 Å². The number of nitrogens with one attached hydrogen (secondary N) is 1. The number of rotatable bonds is 8. The average Bonchev–Trinajstić information content (AvgIpc) is 3.48. The van der Waals surface area contributed by atoms with Gasteiger partial charge in [-0.25, -0.2) is 4.39 Å². The Bertz CT molecular complexity index is 1250. The summed E-state index contributed by atoms with van der Waals surface area (Å²) in [4.78, 5) is 12.5. The Morgan fingerprint density at radius 3 is 2.63 bits per heavy atom. The number of nitrogens with zero attached hydrogens (tertiary/aromatic N) is 2. The van der Waals surface area contributed by atoms with Gasteiger partial charge in [0.2, 0.25) is 0 Å². The molecule has 0 saturated carbocycles. The molecule has 1 aromatic heterocycles. The Kier molecular flexibility index (Phi) is 7.64. The maximum absolute atomic E-state index is 13.1. The number of halogens is 1. The first-order valence-electron chi connectivity index (χ1n) is 11.6. The van der Waals surface area contributed by atoms with Gasteiger partial charge in [-0.15, -0.1) is 0 Å². The largest absolute Gasteiger partial charge is 0.489 e. The van der Waals surface area contributed by atoms with Gasteiger partial charge < -0.3 is 19.4 Å². The van der Waals surface area contributed by atoms with Crippen molar-refractivity contribution < 1.29 is 18.7 Å². The predicted octanol–water partition coefficient (Wildman–Crippen LogP) is 5.01. The number of aromatic nitrogens is 1. The number of nitriles is 1. The molecular weight excluding hydrogens is 445 g/mol. The van der Waals surface area contributed by atoms with E-state index in [1.165, 1.54) is 12.1 Å². The second-order valence-corrected chi connectivity index (χ2v) is 8.59. The molecule has 1 amide bonds. The molecular formula is C28H28FN3O3. The molecule has 7 heteroatoms. The van der Waals surface area contributed by atoms with Gasteiger partial charge in [0.25, 0.3) is 5.91 Å². The van der Waals surface area contributed by atoms with E-state index in [9.17, 15) is 14.4 Å². The van der Waals surface area contributed by atoms with Crippen molar-refractivity contribution in [1.82, 2.24) is 9.88 Å². The number of amides is 1. The maximum atomic E-state index is 13.1. The number of hydrogen-bond acceptors (Lipinski definition) is 4. The molecule has 2 heterocycles. The number of aryl methyl sites for hydroxylation is 1. The van der Waals surface area contributed by atoms with E-state index < -0.39 is 5.91 Å². The first kappa shape index (κ1) is 24.2. The van der Waals surface area contributed by atoms with Crippen molar-refractivity contribution in [1.29, 1.82) is 5.26 Å². The molecule has 1 N–H and O–H groups in total. The summed E-state index contributed by atoms with van der Waals surface area (Å²) >= 11 is 0. The molecule has 0 spiro atoms. The molecule has 4 rings (SSSR count). The van der Waals surface area contributed by atoms with Gasteiger partial charge in [0, 0.05) is 30.2 Å². The van der Waals surface area contributed by atoms with Crippen LogP contribution in [0.1, 0.15) is 35.4 Å². The van der Waals surface area contributed by atoms with E-state index in [-0.39, 0.29) is 17.5 Å². The van der Waals surface area contributed by atoms with Gasteiger partial charge in [-0.1, -0.05) is 12.1 Å². The van der Waals surface area contributed by atoms with Gasteiger partial charge in [0.05, 0.1) is 6.10 Å². The van der Waals surface area contributed by atoms with Crippen LogP contribution in [0.5, 0.6) is 5.75 Å². The molecule has 2 aromatic carbocycles. The van der Waals surface area contributed by atoms with Gasteiger partial charge in [0.1, 0.15) is 29.8 Å². The highest BCUT2D eigenvalue weighted by Crippen LogP contribution is 2.25. The third-order valence-electron chi connectivity index (χ3n) is 6.06. The average molecular weight is 474 g/mol. The van der Waals surface area contributed by atoms with Crippen LogP contribution in [-0.2, 0) is 16.1 Å². The fourth-order valence-electron chi connectivity index (χ4n) is 4.18. The Labute approximate surface area is 204 Å². The van der Waals surface area contributed by atoms with E-state index in [4.69, 9.17) is 9.47 Å². The van der Waals surface area contributed by atoms with Crippen LogP contribution < -0.4 is 10.1 Å². The fraction of sp³-hybridized carbons (Fsp3) is 0.286. The highest BCUT2D eigenvalue weighted by Gasteiger charge is 2.18. The molecule has 1 aliphatic heterocycles. The Morgan fingerprint density at radius 1 is 1.23 bits per heavy atom. The van der Waals surface area contributed by atoms with Crippen LogP contribution in [0.25, 0.3) is 11.8 Å². The highest BCUT2D eigenvalue weighted by atomic mass is 19.1. The second-order valence-electron chi connectivity index (χ2n) is 8.59. The van der Waals surface area contributed by atoms with E-state index in [1.54, 1.807) is 18.2 Å². The van der Waals surface area contributed by atoms with E-state index in [0.29, 0.717) is 18.9 Å². The first-order chi connectivity index (χ1) is 16.9. The summed E-state index contributed by atoms with van der Waals surface area (Å²) in [5.74, 6) is 0.0387. The predicted molar refractivity (Wildman–Crippen MR) is 132 cm³/mol. The van der Waals surface area contributed by atoms with Crippen molar-refractivity contribution in [2.75, 3.05) is 13.2 Å². The molecule has 180 valence electrons.